The van der Waals surface area contributed by atoms with E-state index in [0.29, 0.717) is 22.9 Å². The highest BCUT2D eigenvalue weighted by Crippen LogP contribution is 2.20. The van der Waals surface area contributed by atoms with Gasteiger partial charge in [0, 0.05) is 12.1 Å². The van der Waals surface area contributed by atoms with Crippen molar-refractivity contribution in [2.75, 3.05) is 0 Å². The maximum Gasteiger partial charge on any atom is 0.284 e. The number of nitrogens with zero attached hydrogens (tertiary/aromatic N) is 2. The summed E-state index contributed by atoms with van der Waals surface area (Å²) < 4.78 is 0. The van der Waals surface area contributed by atoms with Crippen molar-refractivity contribution in [3.63, 3.8) is 0 Å². The maximum atomic E-state index is 12.1. The van der Waals surface area contributed by atoms with Crippen molar-refractivity contribution in [2.45, 2.75) is 45.2 Å². The Kier molecular flexibility index (Phi) is 4.19. The first-order chi connectivity index (χ1) is 8.58. The van der Waals surface area contributed by atoms with Crippen LogP contribution in [0.4, 0.5) is 0 Å². The second-order valence-corrected chi connectivity index (χ2v) is 5.21. The predicted molar refractivity (Wildman–Crippen MR) is 71.3 cm³/mol. The number of hydrogen-bond donors (Lipinski definition) is 1. The summed E-state index contributed by atoms with van der Waals surface area (Å²) in [4.78, 5) is 16.1. The summed E-state index contributed by atoms with van der Waals surface area (Å²) in [7, 11) is 0. The van der Waals surface area contributed by atoms with Gasteiger partial charge in [-0.1, -0.05) is 24.1 Å². The summed E-state index contributed by atoms with van der Waals surface area (Å²) in [5, 5.41) is 2.36. The minimum absolute atomic E-state index is 0.196. The summed E-state index contributed by atoms with van der Waals surface area (Å²) in [6, 6.07) is 5.77. The Labute approximate surface area is 112 Å². The number of amides is 1. The number of carbonyl (C=O) groups excluding carboxylic acids is 1. The lowest BCUT2D eigenvalue weighted by Gasteiger charge is -2.38. The summed E-state index contributed by atoms with van der Waals surface area (Å²) in [6.07, 6.45) is 3.42. The fourth-order valence-corrected chi connectivity index (χ4v) is 2.51. The van der Waals surface area contributed by atoms with Crippen LogP contribution in [0.25, 0.3) is 0 Å². The highest BCUT2D eigenvalue weighted by molar-refractivity contribution is 6.29. The van der Waals surface area contributed by atoms with Crippen LogP contribution in [0, 0.1) is 0 Å². The Morgan fingerprint density at radius 1 is 1.39 bits per heavy atom. The third-order valence-corrected chi connectivity index (χ3v) is 3.58. The monoisotopic (exact) mass is 267 g/mol. The topological polar surface area (TPSA) is 45.2 Å². The molecule has 98 valence electrons. The lowest BCUT2D eigenvalue weighted by Crippen LogP contribution is -2.54. The van der Waals surface area contributed by atoms with Crippen LogP contribution in [-0.2, 0) is 0 Å². The normalized spacial score (nSPS) is 24.8. The average Bonchev–Trinajstić information content (AvgIpc) is 2.34. The number of carbonyl (C=O) groups is 1. The molecule has 0 saturated carbocycles. The molecule has 0 aliphatic carbocycles. The number of piperidine rings is 1. The molecule has 1 aliphatic rings. The van der Waals surface area contributed by atoms with E-state index < -0.39 is 0 Å². The molecule has 0 radical (unpaired) electrons. The van der Waals surface area contributed by atoms with Gasteiger partial charge in [-0.25, -0.2) is 9.99 Å². The first-order valence-corrected chi connectivity index (χ1v) is 6.67. The molecule has 1 aromatic heterocycles. The molecule has 0 bridgehead atoms. The van der Waals surface area contributed by atoms with E-state index >= 15 is 0 Å². The fourth-order valence-electron chi connectivity index (χ4n) is 2.35. The molecule has 1 amide bonds. The van der Waals surface area contributed by atoms with Crippen LogP contribution in [0.5, 0.6) is 0 Å². The van der Waals surface area contributed by atoms with Crippen molar-refractivity contribution in [1.29, 1.82) is 0 Å². The molecular formula is C13H18ClN3O. The minimum Gasteiger partial charge on any atom is -0.283 e. The molecule has 18 heavy (non-hydrogen) atoms. The summed E-state index contributed by atoms with van der Waals surface area (Å²) in [6.45, 7) is 4.25. The van der Waals surface area contributed by atoms with Crippen LogP contribution in [0.2, 0.25) is 5.15 Å². The Hall–Kier alpha value is -1.13. The molecule has 2 unspecified atom stereocenters. The number of pyridine rings is 1. The van der Waals surface area contributed by atoms with Gasteiger partial charge in [-0.05, 0) is 38.8 Å². The van der Waals surface area contributed by atoms with E-state index in [-0.39, 0.29) is 5.91 Å². The van der Waals surface area contributed by atoms with Gasteiger partial charge in [-0.3, -0.25) is 10.2 Å². The number of hydrazine groups is 1. The van der Waals surface area contributed by atoms with Gasteiger partial charge in [0.2, 0.25) is 0 Å². The molecular weight excluding hydrogens is 250 g/mol. The number of hydrogen-bond acceptors (Lipinski definition) is 3. The Morgan fingerprint density at radius 3 is 2.67 bits per heavy atom. The van der Waals surface area contributed by atoms with Crippen molar-refractivity contribution >= 4 is 17.5 Å². The van der Waals surface area contributed by atoms with Crippen LogP contribution in [0.1, 0.15) is 43.6 Å². The van der Waals surface area contributed by atoms with E-state index in [1.807, 2.05) is 5.01 Å². The Bertz CT molecular complexity index is 428. The zero-order chi connectivity index (χ0) is 13.1. The first kappa shape index (κ1) is 13.3. The van der Waals surface area contributed by atoms with E-state index in [4.69, 9.17) is 11.6 Å². The van der Waals surface area contributed by atoms with E-state index in [1.165, 1.54) is 6.42 Å². The number of halogens is 1. The van der Waals surface area contributed by atoms with Crippen LogP contribution in [-0.4, -0.2) is 28.0 Å². The Balaban J connectivity index is 2.06. The molecule has 1 aliphatic heterocycles. The molecule has 1 aromatic rings. The molecule has 1 N–H and O–H groups in total. The predicted octanol–water partition coefficient (Wildman–Crippen LogP) is 2.64. The van der Waals surface area contributed by atoms with Crippen LogP contribution >= 0.6 is 11.6 Å². The van der Waals surface area contributed by atoms with Crippen molar-refractivity contribution < 1.29 is 4.79 Å². The molecule has 5 heteroatoms. The standard InChI is InChI=1S/C13H18ClN3O/c1-9-5-3-6-10(2)17(9)16-13(18)11-7-4-8-12(14)15-11/h4,7-10H,3,5-6H2,1-2H3,(H,16,18). The number of aromatic nitrogens is 1. The van der Waals surface area contributed by atoms with Gasteiger partial charge < -0.3 is 0 Å². The highest BCUT2D eigenvalue weighted by Gasteiger charge is 2.26. The molecule has 0 spiro atoms. The first-order valence-electron chi connectivity index (χ1n) is 6.30. The third-order valence-electron chi connectivity index (χ3n) is 3.37. The largest absolute Gasteiger partial charge is 0.284 e. The summed E-state index contributed by atoms with van der Waals surface area (Å²) >= 11 is 5.78. The molecule has 2 rings (SSSR count). The van der Waals surface area contributed by atoms with E-state index in [1.54, 1.807) is 18.2 Å². The molecule has 2 heterocycles. The Morgan fingerprint density at radius 2 is 2.06 bits per heavy atom. The lowest BCUT2D eigenvalue weighted by atomic mass is 10.00. The van der Waals surface area contributed by atoms with Gasteiger partial charge in [0.1, 0.15) is 10.8 Å². The zero-order valence-electron chi connectivity index (χ0n) is 10.7. The van der Waals surface area contributed by atoms with Gasteiger partial charge in [0.05, 0.1) is 0 Å². The fraction of sp³-hybridized carbons (Fsp3) is 0.538. The molecule has 1 saturated heterocycles. The number of nitrogens with one attached hydrogen (secondary N) is 1. The summed E-state index contributed by atoms with van der Waals surface area (Å²) in [5.41, 5.74) is 3.29. The second kappa shape index (κ2) is 5.67. The van der Waals surface area contributed by atoms with E-state index in [2.05, 4.69) is 24.3 Å². The van der Waals surface area contributed by atoms with Crippen molar-refractivity contribution in [1.82, 2.24) is 15.4 Å². The van der Waals surface area contributed by atoms with Crippen LogP contribution < -0.4 is 5.43 Å². The zero-order valence-corrected chi connectivity index (χ0v) is 11.4. The third kappa shape index (κ3) is 3.00. The van der Waals surface area contributed by atoms with Crippen molar-refractivity contribution in [3.8, 4) is 0 Å². The van der Waals surface area contributed by atoms with Gasteiger partial charge in [0.15, 0.2) is 0 Å². The highest BCUT2D eigenvalue weighted by atomic mass is 35.5. The molecule has 0 aromatic carbocycles. The SMILES string of the molecule is CC1CCCC(C)N1NC(=O)c1cccc(Cl)n1. The molecule has 4 nitrogen and oxygen atoms in total. The second-order valence-electron chi connectivity index (χ2n) is 4.82. The molecule has 1 fully saturated rings. The van der Waals surface area contributed by atoms with Gasteiger partial charge in [-0.2, -0.15) is 0 Å². The van der Waals surface area contributed by atoms with Gasteiger partial charge in [0.25, 0.3) is 5.91 Å². The number of rotatable bonds is 2. The van der Waals surface area contributed by atoms with Crippen LogP contribution in [0.3, 0.4) is 0 Å². The van der Waals surface area contributed by atoms with Gasteiger partial charge in [-0.15, -0.1) is 0 Å². The van der Waals surface area contributed by atoms with E-state index in [9.17, 15) is 4.79 Å². The quantitative estimate of drug-likeness (QED) is 0.838. The smallest absolute Gasteiger partial charge is 0.283 e. The maximum absolute atomic E-state index is 12.1. The van der Waals surface area contributed by atoms with Crippen molar-refractivity contribution in [2.24, 2.45) is 0 Å². The van der Waals surface area contributed by atoms with Gasteiger partial charge >= 0.3 is 0 Å². The minimum atomic E-state index is -0.196. The van der Waals surface area contributed by atoms with E-state index in [0.717, 1.165) is 12.8 Å². The van der Waals surface area contributed by atoms with Crippen molar-refractivity contribution in [3.05, 3.63) is 29.0 Å². The molecule has 2 atom stereocenters. The van der Waals surface area contributed by atoms with Crippen LogP contribution in [0.15, 0.2) is 18.2 Å². The lowest BCUT2D eigenvalue weighted by molar-refractivity contribution is 0.0366. The summed E-state index contributed by atoms with van der Waals surface area (Å²) in [5.74, 6) is -0.196. The average molecular weight is 268 g/mol.